The molecule has 1 amide bonds. The lowest BCUT2D eigenvalue weighted by Crippen LogP contribution is -2.13. The van der Waals surface area contributed by atoms with E-state index in [1.807, 2.05) is 14.0 Å². The van der Waals surface area contributed by atoms with E-state index in [4.69, 9.17) is 5.73 Å². The van der Waals surface area contributed by atoms with Gasteiger partial charge in [-0.3, -0.25) is 14.6 Å². The van der Waals surface area contributed by atoms with Gasteiger partial charge in [0.15, 0.2) is 5.69 Å². The Morgan fingerprint density at radius 2 is 2.29 bits per heavy atom. The number of rotatable bonds is 3. The highest BCUT2D eigenvalue weighted by molar-refractivity contribution is 6.11. The van der Waals surface area contributed by atoms with E-state index in [0.29, 0.717) is 22.5 Å². The standard InChI is InChI=1S/C14H16N6O/c1-3-10-12(7-20(2)19-10)16-14(21)13-9-6-8(15)4-5-11(9)17-18-13/h4-7H,3,15H2,1-2H3,(H,16,21)(H,17,18). The molecular weight excluding hydrogens is 268 g/mol. The summed E-state index contributed by atoms with van der Waals surface area (Å²) < 4.78 is 1.68. The molecule has 0 bridgehead atoms. The first-order valence-corrected chi connectivity index (χ1v) is 6.66. The molecular formula is C14H16N6O. The maximum absolute atomic E-state index is 12.4. The maximum Gasteiger partial charge on any atom is 0.276 e. The molecule has 3 aromatic rings. The minimum absolute atomic E-state index is 0.283. The van der Waals surface area contributed by atoms with E-state index >= 15 is 0 Å². The van der Waals surface area contributed by atoms with Crippen molar-refractivity contribution in [3.05, 3.63) is 35.8 Å². The number of nitrogen functional groups attached to an aromatic ring is 1. The Hall–Kier alpha value is -2.83. The van der Waals surface area contributed by atoms with Crippen molar-refractivity contribution < 1.29 is 4.79 Å². The first kappa shape index (κ1) is 13.2. The summed E-state index contributed by atoms with van der Waals surface area (Å²) in [4.78, 5) is 12.4. The van der Waals surface area contributed by atoms with Crippen LogP contribution in [0.25, 0.3) is 10.9 Å². The number of anilines is 2. The van der Waals surface area contributed by atoms with Crippen molar-refractivity contribution >= 4 is 28.2 Å². The quantitative estimate of drug-likeness (QED) is 0.637. The van der Waals surface area contributed by atoms with Gasteiger partial charge in [0.1, 0.15) is 0 Å². The Labute approximate surface area is 121 Å². The minimum atomic E-state index is -0.283. The zero-order valence-corrected chi connectivity index (χ0v) is 11.8. The molecule has 7 heteroatoms. The molecule has 7 nitrogen and oxygen atoms in total. The van der Waals surface area contributed by atoms with E-state index in [-0.39, 0.29) is 5.91 Å². The van der Waals surface area contributed by atoms with Crippen molar-refractivity contribution in [1.29, 1.82) is 0 Å². The molecule has 0 aliphatic heterocycles. The normalized spacial score (nSPS) is 11.0. The van der Waals surface area contributed by atoms with Crippen LogP contribution in [0.3, 0.4) is 0 Å². The molecule has 4 N–H and O–H groups in total. The molecule has 0 radical (unpaired) electrons. The van der Waals surface area contributed by atoms with Gasteiger partial charge in [0.25, 0.3) is 5.91 Å². The molecule has 21 heavy (non-hydrogen) atoms. The Morgan fingerprint density at radius 3 is 3.05 bits per heavy atom. The number of nitrogens with zero attached hydrogens (tertiary/aromatic N) is 3. The number of carbonyl (C=O) groups is 1. The highest BCUT2D eigenvalue weighted by Gasteiger charge is 2.17. The van der Waals surface area contributed by atoms with Gasteiger partial charge >= 0.3 is 0 Å². The van der Waals surface area contributed by atoms with E-state index < -0.39 is 0 Å². The van der Waals surface area contributed by atoms with Gasteiger partial charge in [0, 0.05) is 24.3 Å². The van der Waals surface area contributed by atoms with Crippen LogP contribution in [0.1, 0.15) is 23.1 Å². The summed E-state index contributed by atoms with van der Waals surface area (Å²) in [7, 11) is 1.82. The first-order valence-electron chi connectivity index (χ1n) is 6.66. The Bertz CT molecular complexity index is 816. The average molecular weight is 284 g/mol. The second-order valence-electron chi connectivity index (χ2n) is 4.85. The average Bonchev–Trinajstić information content (AvgIpc) is 3.01. The smallest absolute Gasteiger partial charge is 0.276 e. The molecule has 0 unspecified atom stereocenters. The van der Waals surface area contributed by atoms with Crippen molar-refractivity contribution in [2.24, 2.45) is 7.05 Å². The van der Waals surface area contributed by atoms with Crippen molar-refractivity contribution in [3.8, 4) is 0 Å². The van der Waals surface area contributed by atoms with Gasteiger partial charge in [-0.1, -0.05) is 6.92 Å². The van der Waals surface area contributed by atoms with E-state index in [2.05, 4.69) is 20.6 Å². The summed E-state index contributed by atoms with van der Waals surface area (Å²) in [5.74, 6) is -0.283. The van der Waals surface area contributed by atoms with Crippen LogP contribution >= 0.6 is 0 Å². The molecule has 0 atom stereocenters. The highest BCUT2D eigenvalue weighted by atomic mass is 16.2. The number of nitrogens with two attached hydrogens (primary N) is 1. The third-order valence-corrected chi connectivity index (χ3v) is 3.29. The van der Waals surface area contributed by atoms with E-state index in [1.165, 1.54) is 0 Å². The minimum Gasteiger partial charge on any atom is -0.399 e. The number of carbonyl (C=O) groups excluding carboxylic acids is 1. The monoisotopic (exact) mass is 284 g/mol. The summed E-state index contributed by atoms with van der Waals surface area (Å²) in [6.07, 6.45) is 2.52. The largest absolute Gasteiger partial charge is 0.399 e. The number of aromatic amines is 1. The van der Waals surface area contributed by atoms with Crippen LogP contribution < -0.4 is 11.1 Å². The predicted molar refractivity (Wildman–Crippen MR) is 81.0 cm³/mol. The predicted octanol–water partition coefficient (Wildman–Crippen LogP) is 1.69. The van der Waals surface area contributed by atoms with E-state index in [9.17, 15) is 4.79 Å². The number of fused-ring (bicyclic) bond motifs is 1. The van der Waals surface area contributed by atoms with E-state index in [0.717, 1.165) is 17.6 Å². The van der Waals surface area contributed by atoms with Crippen molar-refractivity contribution in [3.63, 3.8) is 0 Å². The number of H-pyrrole nitrogens is 1. The van der Waals surface area contributed by atoms with Crippen molar-refractivity contribution in [2.45, 2.75) is 13.3 Å². The summed E-state index contributed by atoms with van der Waals surface area (Å²) in [6, 6.07) is 5.30. The number of nitrogens with one attached hydrogen (secondary N) is 2. The second kappa shape index (κ2) is 4.93. The van der Waals surface area contributed by atoms with Crippen LogP contribution in [-0.4, -0.2) is 25.9 Å². The molecule has 0 spiro atoms. The fraction of sp³-hybridized carbons (Fsp3) is 0.214. The van der Waals surface area contributed by atoms with Crippen LogP contribution in [0.15, 0.2) is 24.4 Å². The summed E-state index contributed by atoms with van der Waals surface area (Å²) in [5.41, 5.74) is 8.99. The maximum atomic E-state index is 12.4. The molecule has 2 heterocycles. The van der Waals surface area contributed by atoms with Crippen LogP contribution in [0.2, 0.25) is 0 Å². The number of aryl methyl sites for hydroxylation is 2. The van der Waals surface area contributed by atoms with Crippen molar-refractivity contribution in [2.75, 3.05) is 11.1 Å². The third-order valence-electron chi connectivity index (χ3n) is 3.29. The topological polar surface area (TPSA) is 102 Å². The summed E-state index contributed by atoms with van der Waals surface area (Å²) >= 11 is 0. The van der Waals surface area contributed by atoms with Crippen LogP contribution in [-0.2, 0) is 13.5 Å². The molecule has 0 saturated heterocycles. The van der Waals surface area contributed by atoms with E-state index in [1.54, 1.807) is 29.1 Å². The van der Waals surface area contributed by atoms with Gasteiger partial charge in [-0.2, -0.15) is 10.2 Å². The third kappa shape index (κ3) is 2.33. The highest BCUT2D eigenvalue weighted by Crippen LogP contribution is 2.21. The molecule has 0 aliphatic carbocycles. The zero-order chi connectivity index (χ0) is 15.0. The number of hydrogen-bond acceptors (Lipinski definition) is 4. The Morgan fingerprint density at radius 1 is 1.48 bits per heavy atom. The number of benzene rings is 1. The van der Waals surface area contributed by atoms with Gasteiger partial charge in [0.05, 0.1) is 16.9 Å². The lowest BCUT2D eigenvalue weighted by Gasteiger charge is -2.02. The molecule has 1 aromatic carbocycles. The molecule has 0 saturated carbocycles. The fourth-order valence-corrected chi connectivity index (χ4v) is 2.29. The fourth-order valence-electron chi connectivity index (χ4n) is 2.29. The lowest BCUT2D eigenvalue weighted by molar-refractivity contribution is 0.102. The number of hydrogen-bond donors (Lipinski definition) is 3. The first-order chi connectivity index (χ1) is 10.1. The van der Waals surface area contributed by atoms with Crippen molar-refractivity contribution in [1.82, 2.24) is 20.0 Å². The lowest BCUT2D eigenvalue weighted by atomic mass is 10.2. The van der Waals surface area contributed by atoms with Crippen LogP contribution in [0, 0.1) is 0 Å². The SMILES string of the molecule is CCc1nn(C)cc1NC(=O)c1n[nH]c2ccc(N)cc12. The zero-order valence-electron chi connectivity index (χ0n) is 11.8. The Kier molecular flexibility index (Phi) is 3.09. The van der Waals surface area contributed by atoms with Gasteiger partial charge in [-0.25, -0.2) is 0 Å². The van der Waals surface area contributed by atoms with Gasteiger partial charge in [-0.05, 0) is 24.6 Å². The molecule has 108 valence electrons. The molecule has 0 fully saturated rings. The second-order valence-corrected chi connectivity index (χ2v) is 4.85. The summed E-state index contributed by atoms with van der Waals surface area (Å²) in [6.45, 7) is 1.99. The van der Waals surface area contributed by atoms with Gasteiger partial charge in [0.2, 0.25) is 0 Å². The number of amides is 1. The van der Waals surface area contributed by atoms with Gasteiger partial charge in [-0.15, -0.1) is 0 Å². The molecule has 2 aromatic heterocycles. The van der Waals surface area contributed by atoms with Crippen LogP contribution in [0.5, 0.6) is 0 Å². The van der Waals surface area contributed by atoms with Crippen LogP contribution in [0.4, 0.5) is 11.4 Å². The number of aromatic nitrogens is 4. The Balaban J connectivity index is 1.95. The summed E-state index contributed by atoms with van der Waals surface area (Å²) in [5, 5.41) is 14.8. The molecule has 3 rings (SSSR count). The van der Waals surface area contributed by atoms with Gasteiger partial charge < -0.3 is 11.1 Å². The molecule has 0 aliphatic rings.